The summed E-state index contributed by atoms with van der Waals surface area (Å²) in [6.45, 7) is 5.31. The second kappa shape index (κ2) is 10.2. The van der Waals surface area contributed by atoms with Crippen molar-refractivity contribution in [1.82, 2.24) is 10.2 Å². The Morgan fingerprint density at radius 1 is 1.00 bits per heavy atom. The molecule has 0 radical (unpaired) electrons. The molecule has 1 unspecified atom stereocenters. The molecule has 0 saturated carbocycles. The first-order chi connectivity index (χ1) is 15.3. The molecule has 0 aromatic heterocycles. The molecule has 1 aliphatic heterocycles. The third kappa shape index (κ3) is 5.60. The van der Waals surface area contributed by atoms with Crippen LogP contribution in [0.2, 0.25) is 0 Å². The van der Waals surface area contributed by atoms with Crippen LogP contribution in [0.15, 0.2) is 42.5 Å². The van der Waals surface area contributed by atoms with Gasteiger partial charge in [0, 0.05) is 33.1 Å². The van der Waals surface area contributed by atoms with Gasteiger partial charge < -0.3 is 20.4 Å². The quantitative estimate of drug-likeness (QED) is 0.743. The Labute approximate surface area is 185 Å². The van der Waals surface area contributed by atoms with Crippen molar-refractivity contribution in [2.45, 2.75) is 26.3 Å². The first-order valence-corrected chi connectivity index (χ1v) is 10.4. The summed E-state index contributed by atoms with van der Waals surface area (Å²) >= 11 is 0. The van der Waals surface area contributed by atoms with Gasteiger partial charge in [0.1, 0.15) is 17.7 Å². The SMILES string of the molecule is CC(=O)N1CCCN(c2ccc(F)cc2NC(=O)C(C)NC(=O)c2ccccc2F)CC1. The van der Waals surface area contributed by atoms with E-state index < -0.39 is 29.5 Å². The topological polar surface area (TPSA) is 81.8 Å². The van der Waals surface area contributed by atoms with Gasteiger partial charge in [0.05, 0.1) is 16.9 Å². The molecule has 9 heteroatoms. The molecule has 1 aliphatic rings. The Bertz CT molecular complexity index is 1010. The van der Waals surface area contributed by atoms with Crippen LogP contribution in [0.25, 0.3) is 0 Å². The molecule has 170 valence electrons. The highest BCUT2D eigenvalue weighted by Crippen LogP contribution is 2.28. The molecule has 3 amide bonds. The van der Waals surface area contributed by atoms with Crippen molar-refractivity contribution in [3.63, 3.8) is 0 Å². The predicted molar refractivity (Wildman–Crippen MR) is 117 cm³/mol. The number of carbonyl (C=O) groups excluding carboxylic acids is 3. The first kappa shape index (κ1) is 23.2. The van der Waals surface area contributed by atoms with Crippen molar-refractivity contribution in [3.05, 3.63) is 59.7 Å². The highest BCUT2D eigenvalue weighted by molar-refractivity contribution is 6.02. The maximum atomic E-state index is 14.0. The average Bonchev–Trinajstić information content (AvgIpc) is 3.00. The molecule has 1 saturated heterocycles. The molecule has 0 spiro atoms. The number of nitrogens with zero attached hydrogens (tertiary/aromatic N) is 2. The van der Waals surface area contributed by atoms with Crippen molar-refractivity contribution in [3.8, 4) is 0 Å². The lowest BCUT2D eigenvalue weighted by molar-refractivity contribution is -0.128. The van der Waals surface area contributed by atoms with Crippen LogP contribution in [0.5, 0.6) is 0 Å². The van der Waals surface area contributed by atoms with Crippen LogP contribution in [-0.4, -0.2) is 54.8 Å². The Morgan fingerprint density at radius 3 is 2.47 bits per heavy atom. The van der Waals surface area contributed by atoms with Crippen LogP contribution in [0.3, 0.4) is 0 Å². The number of rotatable bonds is 5. The Hall–Kier alpha value is -3.49. The second-order valence-electron chi connectivity index (χ2n) is 7.67. The first-order valence-electron chi connectivity index (χ1n) is 10.4. The third-order valence-electron chi connectivity index (χ3n) is 5.36. The highest BCUT2D eigenvalue weighted by atomic mass is 19.1. The van der Waals surface area contributed by atoms with Gasteiger partial charge in [-0.3, -0.25) is 14.4 Å². The van der Waals surface area contributed by atoms with Crippen molar-refractivity contribution >= 4 is 29.1 Å². The Kier molecular flexibility index (Phi) is 7.40. The van der Waals surface area contributed by atoms with Crippen molar-refractivity contribution in [1.29, 1.82) is 0 Å². The number of carbonyl (C=O) groups is 3. The summed E-state index contributed by atoms with van der Waals surface area (Å²) in [6, 6.07) is 8.58. The second-order valence-corrected chi connectivity index (χ2v) is 7.67. The van der Waals surface area contributed by atoms with E-state index in [2.05, 4.69) is 10.6 Å². The standard InChI is InChI=1S/C23H26F2N4O3/c1-15(26-23(32)18-6-3-4-7-19(18)25)22(31)27-20-14-17(24)8-9-21(20)29-11-5-10-28(12-13-29)16(2)30/h3-4,6-9,14-15H,5,10-13H2,1-2H3,(H,26,32)(H,27,31). The fraction of sp³-hybridized carbons (Fsp3) is 0.348. The molecular formula is C23H26F2N4O3. The molecule has 2 aromatic carbocycles. The van der Waals surface area contributed by atoms with Crippen molar-refractivity contribution in [2.75, 3.05) is 36.4 Å². The maximum Gasteiger partial charge on any atom is 0.254 e. The van der Waals surface area contributed by atoms with Crippen LogP contribution in [0.1, 0.15) is 30.6 Å². The summed E-state index contributed by atoms with van der Waals surface area (Å²) in [6.07, 6.45) is 0.736. The number of hydrogen-bond acceptors (Lipinski definition) is 4. The summed E-state index contributed by atoms with van der Waals surface area (Å²) in [7, 11) is 0. The van der Waals surface area contributed by atoms with Gasteiger partial charge >= 0.3 is 0 Å². The summed E-state index contributed by atoms with van der Waals surface area (Å²) in [5.41, 5.74) is 0.717. The number of amides is 3. The van der Waals surface area contributed by atoms with E-state index in [1.54, 1.807) is 11.0 Å². The smallest absolute Gasteiger partial charge is 0.254 e. The molecule has 32 heavy (non-hydrogen) atoms. The lowest BCUT2D eigenvalue weighted by Crippen LogP contribution is -2.42. The third-order valence-corrected chi connectivity index (χ3v) is 5.36. The van der Waals surface area contributed by atoms with Gasteiger partial charge in [-0.1, -0.05) is 12.1 Å². The van der Waals surface area contributed by atoms with Crippen molar-refractivity contribution < 1.29 is 23.2 Å². The zero-order chi connectivity index (χ0) is 23.3. The molecule has 2 aromatic rings. The minimum Gasteiger partial charge on any atom is -0.368 e. The zero-order valence-corrected chi connectivity index (χ0v) is 18.0. The average molecular weight is 444 g/mol. The lowest BCUT2D eigenvalue weighted by atomic mass is 10.1. The number of hydrogen-bond donors (Lipinski definition) is 2. The van der Waals surface area contributed by atoms with E-state index in [-0.39, 0.29) is 17.2 Å². The molecular weight excluding hydrogens is 418 g/mol. The van der Waals surface area contributed by atoms with E-state index >= 15 is 0 Å². The molecule has 7 nitrogen and oxygen atoms in total. The van der Waals surface area contributed by atoms with Gasteiger partial charge in [-0.05, 0) is 43.7 Å². The van der Waals surface area contributed by atoms with E-state index in [1.807, 2.05) is 4.90 Å². The molecule has 1 atom stereocenters. The largest absolute Gasteiger partial charge is 0.368 e. The van der Waals surface area contributed by atoms with Crippen molar-refractivity contribution in [2.24, 2.45) is 0 Å². The Balaban J connectivity index is 1.72. The molecule has 1 fully saturated rings. The van der Waals surface area contributed by atoms with E-state index in [9.17, 15) is 23.2 Å². The van der Waals surface area contributed by atoms with Crippen LogP contribution < -0.4 is 15.5 Å². The van der Waals surface area contributed by atoms with Gasteiger partial charge in [0.25, 0.3) is 5.91 Å². The summed E-state index contributed by atoms with van der Waals surface area (Å²) in [4.78, 5) is 40.4. The van der Waals surface area contributed by atoms with E-state index in [4.69, 9.17) is 0 Å². The molecule has 0 bridgehead atoms. The number of halogens is 2. The number of nitrogens with one attached hydrogen (secondary N) is 2. The summed E-state index contributed by atoms with van der Waals surface area (Å²) in [5.74, 6) is -2.50. The van der Waals surface area contributed by atoms with Gasteiger partial charge in [-0.2, -0.15) is 0 Å². The molecule has 3 rings (SSSR count). The molecule has 1 heterocycles. The fourth-order valence-electron chi connectivity index (χ4n) is 3.58. The number of anilines is 2. The van der Waals surface area contributed by atoms with Gasteiger partial charge in [-0.15, -0.1) is 0 Å². The van der Waals surface area contributed by atoms with E-state index in [0.717, 1.165) is 12.5 Å². The normalized spacial score (nSPS) is 15.0. The van der Waals surface area contributed by atoms with Crippen LogP contribution in [-0.2, 0) is 9.59 Å². The van der Waals surface area contributed by atoms with Crippen LogP contribution in [0.4, 0.5) is 20.2 Å². The van der Waals surface area contributed by atoms with Gasteiger partial charge in [0.15, 0.2) is 0 Å². The highest BCUT2D eigenvalue weighted by Gasteiger charge is 2.23. The van der Waals surface area contributed by atoms with Crippen LogP contribution in [0, 0.1) is 11.6 Å². The summed E-state index contributed by atoms with van der Waals surface area (Å²) in [5, 5.41) is 5.12. The minimum atomic E-state index is -0.990. The fourth-order valence-corrected chi connectivity index (χ4v) is 3.58. The number of benzene rings is 2. The predicted octanol–water partition coefficient (Wildman–Crippen LogP) is 2.78. The molecule has 2 N–H and O–H groups in total. The molecule has 0 aliphatic carbocycles. The lowest BCUT2D eigenvalue weighted by Gasteiger charge is -2.26. The summed E-state index contributed by atoms with van der Waals surface area (Å²) < 4.78 is 27.8. The van der Waals surface area contributed by atoms with Gasteiger partial charge in [0.2, 0.25) is 11.8 Å². The van der Waals surface area contributed by atoms with Crippen LogP contribution >= 0.6 is 0 Å². The minimum absolute atomic E-state index is 0.00102. The van der Waals surface area contributed by atoms with Gasteiger partial charge in [-0.25, -0.2) is 8.78 Å². The van der Waals surface area contributed by atoms with E-state index in [1.165, 1.54) is 44.2 Å². The zero-order valence-electron chi connectivity index (χ0n) is 18.0. The Morgan fingerprint density at radius 2 is 1.75 bits per heavy atom. The van der Waals surface area contributed by atoms with E-state index in [0.29, 0.717) is 31.9 Å². The maximum absolute atomic E-state index is 14.0. The monoisotopic (exact) mass is 444 g/mol.